The number of non-ortho nitro benzene ring substituents is 1. The molecule has 79 heavy (non-hydrogen) atoms. The smallest absolute Gasteiger partial charge is 0.447 e. The predicted molar refractivity (Wildman–Crippen MR) is 294 cm³/mol. The number of nitro benzene ring substituents is 1. The Bertz CT molecular complexity index is 2580. The molecule has 1 aromatic rings. The maximum atomic E-state index is 12.5. The molecular formula is C64H96N2O13. The van der Waals surface area contributed by atoms with Crippen molar-refractivity contribution >= 4 is 17.9 Å². The normalized spacial score (nSPS) is 52.3. The number of carbonyl (C=O) groups is 2. The highest BCUT2D eigenvalue weighted by Gasteiger charge is 2.86. The van der Waals surface area contributed by atoms with Crippen LogP contribution < -0.4 is 10.5 Å². The van der Waals surface area contributed by atoms with E-state index >= 15 is 0 Å². The highest BCUT2D eigenvalue weighted by Crippen LogP contribution is 2.91. The molecule has 24 atom stereocenters. The van der Waals surface area contributed by atoms with Gasteiger partial charge in [0.2, 0.25) is 0 Å². The van der Waals surface area contributed by atoms with E-state index < -0.39 is 23.3 Å². The summed E-state index contributed by atoms with van der Waals surface area (Å²) in [7, 11) is 3.77. The molecule has 0 radical (unpaired) electrons. The Balaban J connectivity index is 0.000000164. The standard InChI is InChI=1S/C36H51NO8.C28H45NO5/c1-21-18-24(19-43-31(38)45-23-10-8-22(9-11-23)37(39)40)44-29-28(21)33(4)16-17-36-20-35(36)15-14-27(41-6)32(2,3)25(35)12-13-26(36)34(33,5)30(29)42-7;1-15-12-16(13-33-23(29)32)34-21-20(15)25(4)10-11-28-14-27(28)9-8-19(30)24(2,3)17(27)6-7-18(28)26(25,5)22(21)31/h8-11,21,24-30H,12-20H2,1-7H3;15-22,30-31H,6-14H2,1-5H3,(H2,29,32)/t21-,24-,25+,26+,27+,28+,29+,30+,33-,34-,35-,36+;15-,16-,17+,18+,19+,20+,21+,22+,25-,26-,27-,28+/m11/s1. The third-order valence-electron chi connectivity index (χ3n) is 28.2. The Morgan fingerprint density at radius 2 is 1.14 bits per heavy atom. The second kappa shape index (κ2) is 18.5. The van der Waals surface area contributed by atoms with Crippen LogP contribution in [0.4, 0.5) is 15.3 Å². The van der Waals surface area contributed by atoms with E-state index in [1.807, 2.05) is 14.2 Å². The van der Waals surface area contributed by atoms with Gasteiger partial charge in [-0.15, -0.1) is 0 Å². The minimum Gasteiger partial charge on any atom is -0.447 e. The SMILES string of the molecule is CO[C@H]1CC[C@]23C[C@]24CC[C@]2(C)[C@@H]5[C@H](O[C@@H](COC(=O)Oc6ccc([N+](=O)[O-])cc6)C[C@H]5C)[C@H](OC)[C@@]2(C)[C@@H]4CC[C@H]3C1(C)C.C[C@@H]1C[C@H](COC(N)=O)O[C@H]2[C@H]1[C@@]1(C)CC[C@@]34C[C@@]35CC[C@H](O)C(C)(C)[C@@H]5CC[C@H]4[C@]1(C)[C@H]2O. The molecule has 2 heterocycles. The number of aliphatic hydroxyl groups is 2. The van der Waals surface area contributed by atoms with E-state index in [-0.39, 0.29) is 93.8 Å². The van der Waals surface area contributed by atoms with E-state index in [1.54, 1.807) is 0 Å². The van der Waals surface area contributed by atoms with Gasteiger partial charge in [0.25, 0.3) is 5.69 Å². The summed E-state index contributed by atoms with van der Waals surface area (Å²) in [6, 6.07) is 5.38. The molecule has 12 aliphatic rings. The zero-order valence-corrected chi connectivity index (χ0v) is 49.7. The number of nitrogens with two attached hydrogens (primary N) is 1. The molecule has 13 rings (SSSR count). The Hall–Kier alpha value is -3.08. The zero-order chi connectivity index (χ0) is 56.6. The summed E-state index contributed by atoms with van der Waals surface area (Å²) < 4.78 is 41.9. The van der Waals surface area contributed by atoms with Gasteiger partial charge in [0, 0.05) is 37.2 Å². The van der Waals surface area contributed by atoms with Crippen molar-refractivity contribution in [3.63, 3.8) is 0 Å². The zero-order valence-electron chi connectivity index (χ0n) is 49.7. The first kappa shape index (κ1) is 56.4. The summed E-state index contributed by atoms with van der Waals surface area (Å²) in [5, 5.41) is 33.9. The lowest BCUT2D eigenvalue weighted by atomic mass is 9.41. The molecule has 15 nitrogen and oxygen atoms in total. The number of nitrogens with zero attached hydrogens (tertiary/aromatic N) is 1. The van der Waals surface area contributed by atoms with Gasteiger partial charge in [-0.25, -0.2) is 9.59 Å². The topological polar surface area (TPSA) is 208 Å². The van der Waals surface area contributed by atoms with Crippen molar-refractivity contribution in [2.24, 2.45) is 107 Å². The first-order chi connectivity index (χ1) is 37.1. The van der Waals surface area contributed by atoms with Crippen LogP contribution in [0, 0.1) is 112 Å². The molecule has 10 saturated carbocycles. The highest BCUT2D eigenvalue weighted by atomic mass is 16.7. The minimum atomic E-state index is -0.839. The molecule has 4 spiro atoms. The highest BCUT2D eigenvalue weighted by molar-refractivity contribution is 5.64. The summed E-state index contributed by atoms with van der Waals surface area (Å²) in [5.41, 5.74) is 6.71. The van der Waals surface area contributed by atoms with Crippen LogP contribution in [0.15, 0.2) is 24.3 Å². The summed E-state index contributed by atoms with van der Waals surface area (Å²) in [4.78, 5) is 34.1. The first-order valence-corrected chi connectivity index (χ1v) is 30.9. The van der Waals surface area contributed by atoms with Gasteiger partial charge in [0.15, 0.2) is 0 Å². The molecule has 0 bridgehead atoms. The van der Waals surface area contributed by atoms with Gasteiger partial charge in [-0.3, -0.25) is 10.1 Å². The first-order valence-electron chi connectivity index (χ1n) is 30.9. The molecule has 15 heteroatoms. The van der Waals surface area contributed by atoms with Crippen LogP contribution in [0.1, 0.15) is 172 Å². The third-order valence-corrected chi connectivity index (χ3v) is 28.2. The van der Waals surface area contributed by atoms with Gasteiger partial charge < -0.3 is 49.1 Å². The summed E-state index contributed by atoms with van der Waals surface area (Å²) in [6.07, 6.45) is 15.8. The van der Waals surface area contributed by atoms with Crippen molar-refractivity contribution in [3.05, 3.63) is 34.4 Å². The van der Waals surface area contributed by atoms with Gasteiger partial charge in [-0.05, 0) is 206 Å². The molecule has 12 fully saturated rings. The molecule has 0 unspecified atom stereocenters. The van der Waals surface area contributed by atoms with Crippen molar-refractivity contribution in [2.45, 2.75) is 221 Å². The van der Waals surface area contributed by atoms with Gasteiger partial charge in [-0.1, -0.05) is 69.2 Å². The van der Waals surface area contributed by atoms with Crippen molar-refractivity contribution in [1.29, 1.82) is 0 Å². The number of methoxy groups -OCH3 is 2. The lowest BCUT2D eigenvalue weighted by Crippen LogP contribution is -2.60. The predicted octanol–water partition coefficient (Wildman–Crippen LogP) is 11.8. The van der Waals surface area contributed by atoms with Crippen molar-refractivity contribution < 1.29 is 57.9 Å². The number of rotatable bonds is 8. The molecule has 440 valence electrons. The minimum absolute atomic E-state index is 0.00902. The van der Waals surface area contributed by atoms with Crippen molar-refractivity contribution in [1.82, 2.24) is 0 Å². The number of hydrogen-bond acceptors (Lipinski definition) is 13. The quantitative estimate of drug-likeness (QED) is 0.0959. The van der Waals surface area contributed by atoms with E-state index in [1.165, 1.54) is 75.6 Å². The number of primary amides is 1. The van der Waals surface area contributed by atoms with E-state index in [0.29, 0.717) is 75.1 Å². The van der Waals surface area contributed by atoms with Crippen molar-refractivity contribution in [2.75, 3.05) is 27.4 Å². The molecule has 0 aromatic heterocycles. The molecule has 2 saturated heterocycles. The number of nitro groups is 1. The summed E-state index contributed by atoms with van der Waals surface area (Å²) in [5.74, 6) is 4.06. The fourth-order valence-electron chi connectivity index (χ4n) is 24.9. The molecule has 10 aliphatic carbocycles. The van der Waals surface area contributed by atoms with E-state index in [0.717, 1.165) is 51.4 Å². The average Bonchev–Trinajstić information content (AvgIpc) is 1.54. The Morgan fingerprint density at radius 3 is 1.70 bits per heavy atom. The van der Waals surface area contributed by atoms with E-state index in [2.05, 4.69) is 69.2 Å². The largest absolute Gasteiger partial charge is 0.513 e. The number of fused-ring (bicyclic) bond motifs is 8. The Kier molecular flexibility index (Phi) is 13.2. The fourth-order valence-corrected chi connectivity index (χ4v) is 24.9. The summed E-state index contributed by atoms with van der Waals surface area (Å²) >= 11 is 0. The third kappa shape index (κ3) is 7.34. The Morgan fingerprint density at radius 1 is 0.646 bits per heavy atom. The van der Waals surface area contributed by atoms with Gasteiger partial charge >= 0.3 is 12.2 Å². The van der Waals surface area contributed by atoms with Crippen LogP contribution in [-0.2, 0) is 28.4 Å². The van der Waals surface area contributed by atoms with E-state index in [9.17, 15) is 29.9 Å². The molecule has 1 amide bonds. The number of benzene rings is 1. The van der Waals surface area contributed by atoms with Crippen LogP contribution >= 0.6 is 0 Å². The maximum absolute atomic E-state index is 12.5. The van der Waals surface area contributed by atoms with Crippen LogP contribution in [0.2, 0.25) is 0 Å². The maximum Gasteiger partial charge on any atom is 0.513 e. The fraction of sp³-hybridized carbons (Fsp3) is 0.875. The number of ether oxygens (including phenoxy) is 7. The van der Waals surface area contributed by atoms with Crippen LogP contribution in [0.25, 0.3) is 0 Å². The second-order valence-corrected chi connectivity index (χ2v) is 30.8. The number of amides is 1. The van der Waals surface area contributed by atoms with Crippen LogP contribution in [0.3, 0.4) is 0 Å². The molecule has 1 aromatic carbocycles. The average molecular weight is 1100 g/mol. The number of carbonyl (C=O) groups excluding carboxylic acids is 2. The summed E-state index contributed by atoms with van der Waals surface area (Å²) in [6.45, 7) is 24.4. The van der Waals surface area contributed by atoms with Crippen molar-refractivity contribution in [3.8, 4) is 5.75 Å². The van der Waals surface area contributed by atoms with E-state index in [4.69, 9.17) is 38.9 Å². The molecular weight excluding hydrogens is 1000 g/mol. The number of hydrogen-bond donors (Lipinski definition) is 3. The van der Waals surface area contributed by atoms with Crippen LogP contribution in [0.5, 0.6) is 5.75 Å². The molecule has 4 N–H and O–H groups in total. The Labute approximate surface area is 469 Å². The monoisotopic (exact) mass is 1100 g/mol. The number of aliphatic hydroxyl groups excluding tert-OH is 2. The van der Waals surface area contributed by atoms with Gasteiger partial charge in [0.1, 0.15) is 19.0 Å². The lowest BCUT2D eigenvalue weighted by molar-refractivity contribution is -0.384. The lowest BCUT2D eigenvalue weighted by Gasteiger charge is -2.64. The van der Waals surface area contributed by atoms with Crippen LogP contribution in [-0.4, -0.2) is 104 Å². The molecule has 2 aliphatic heterocycles. The second-order valence-electron chi connectivity index (χ2n) is 30.8. The van der Waals surface area contributed by atoms with Gasteiger partial charge in [0.05, 0.1) is 53.8 Å². The van der Waals surface area contributed by atoms with Gasteiger partial charge in [-0.2, -0.15) is 0 Å².